The minimum atomic E-state index is -3.89. The van der Waals surface area contributed by atoms with Crippen LogP contribution < -0.4 is 10.5 Å². The van der Waals surface area contributed by atoms with Crippen molar-refractivity contribution in [1.82, 2.24) is 4.72 Å². The highest BCUT2D eigenvalue weighted by Crippen LogP contribution is 2.21. The standard InChI is InChI=1S/C12H18FN3O3S/c1-4-10(12(14)15-17)16-20(18,19)11-7(2)5-9(13)6-8(11)3/h5-6,10,16-17H,4H2,1-3H3,(H2,14,15). The summed E-state index contributed by atoms with van der Waals surface area (Å²) in [6.07, 6.45) is 0.314. The summed E-state index contributed by atoms with van der Waals surface area (Å²) in [5, 5.41) is 11.4. The van der Waals surface area contributed by atoms with E-state index in [-0.39, 0.29) is 10.7 Å². The Kier molecular flexibility index (Phi) is 5.07. The van der Waals surface area contributed by atoms with Crippen LogP contribution in [0.3, 0.4) is 0 Å². The van der Waals surface area contributed by atoms with Gasteiger partial charge in [-0.05, 0) is 43.5 Å². The van der Waals surface area contributed by atoms with Gasteiger partial charge in [0.25, 0.3) is 0 Å². The number of nitrogens with one attached hydrogen (secondary N) is 1. The monoisotopic (exact) mass is 303 g/mol. The quantitative estimate of drug-likeness (QED) is 0.329. The average molecular weight is 303 g/mol. The summed E-state index contributed by atoms with van der Waals surface area (Å²) in [5.41, 5.74) is 6.02. The van der Waals surface area contributed by atoms with E-state index in [4.69, 9.17) is 10.9 Å². The van der Waals surface area contributed by atoms with E-state index in [1.54, 1.807) is 6.92 Å². The van der Waals surface area contributed by atoms with Crippen molar-refractivity contribution in [3.63, 3.8) is 0 Å². The molecule has 0 bridgehead atoms. The Morgan fingerprint density at radius 1 is 1.45 bits per heavy atom. The van der Waals surface area contributed by atoms with Gasteiger partial charge in [0.2, 0.25) is 10.0 Å². The summed E-state index contributed by atoms with van der Waals surface area (Å²) >= 11 is 0. The smallest absolute Gasteiger partial charge is 0.241 e. The molecular weight excluding hydrogens is 285 g/mol. The predicted octanol–water partition coefficient (Wildman–Crippen LogP) is 1.25. The van der Waals surface area contributed by atoms with Gasteiger partial charge in [0.05, 0.1) is 10.9 Å². The van der Waals surface area contributed by atoms with Crippen LogP contribution in [0.25, 0.3) is 0 Å². The van der Waals surface area contributed by atoms with Gasteiger partial charge >= 0.3 is 0 Å². The molecule has 1 atom stereocenters. The topological polar surface area (TPSA) is 105 Å². The van der Waals surface area contributed by atoms with Gasteiger partial charge in [0, 0.05) is 0 Å². The number of sulfonamides is 1. The number of hydrogen-bond acceptors (Lipinski definition) is 4. The fraction of sp³-hybridized carbons (Fsp3) is 0.417. The van der Waals surface area contributed by atoms with Crippen LogP contribution in [0.4, 0.5) is 4.39 Å². The number of halogens is 1. The number of aryl methyl sites for hydroxylation is 2. The molecule has 1 rings (SSSR count). The highest BCUT2D eigenvalue weighted by molar-refractivity contribution is 7.89. The van der Waals surface area contributed by atoms with Gasteiger partial charge in [-0.3, -0.25) is 0 Å². The molecular formula is C12H18FN3O3S. The largest absolute Gasteiger partial charge is 0.409 e. The molecule has 0 radical (unpaired) electrons. The Bertz CT molecular complexity index is 606. The van der Waals surface area contributed by atoms with Gasteiger partial charge in [-0.25, -0.2) is 17.5 Å². The zero-order valence-corrected chi connectivity index (χ0v) is 12.3. The van der Waals surface area contributed by atoms with E-state index < -0.39 is 21.9 Å². The molecule has 20 heavy (non-hydrogen) atoms. The van der Waals surface area contributed by atoms with E-state index in [0.29, 0.717) is 17.5 Å². The van der Waals surface area contributed by atoms with Crippen molar-refractivity contribution in [3.05, 3.63) is 29.1 Å². The molecule has 0 fully saturated rings. The van der Waals surface area contributed by atoms with Crippen LogP contribution in [0.15, 0.2) is 22.2 Å². The first-order chi connectivity index (χ1) is 9.22. The molecule has 1 aromatic carbocycles. The fourth-order valence-corrected chi connectivity index (χ4v) is 3.74. The summed E-state index contributed by atoms with van der Waals surface area (Å²) in [7, 11) is -3.89. The van der Waals surface area contributed by atoms with Crippen molar-refractivity contribution in [2.24, 2.45) is 10.9 Å². The Morgan fingerprint density at radius 2 is 1.95 bits per heavy atom. The van der Waals surface area contributed by atoms with Crippen LogP contribution in [0.2, 0.25) is 0 Å². The molecule has 8 heteroatoms. The molecule has 0 spiro atoms. The van der Waals surface area contributed by atoms with Crippen LogP contribution in [-0.4, -0.2) is 25.5 Å². The average Bonchev–Trinajstić information content (AvgIpc) is 2.33. The highest BCUT2D eigenvalue weighted by Gasteiger charge is 2.25. The summed E-state index contributed by atoms with van der Waals surface area (Å²) < 4.78 is 40.3. The van der Waals surface area contributed by atoms with Gasteiger partial charge in [-0.1, -0.05) is 12.1 Å². The maximum Gasteiger partial charge on any atom is 0.241 e. The molecule has 0 aliphatic heterocycles. The van der Waals surface area contributed by atoms with Crippen molar-refractivity contribution in [2.75, 3.05) is 0 Å². The van der Waals surface area contributed by atoms with Gasteiger partial charge in [-0.15, -0.1) is 0 Å². The lowest BCUT2D eigenvalue weighted by Crippen LogP contribution is -2.44. The van der Waals surface area contributed by atoms with Crippen LogP contribution in [0, 0.1) is 19.7 Å². The summed E-state index contributed by atoms with van der Waals surface area (Å²) in [6, 6.07) is 1.46. The normalized spacial score (nSPS) is 14.3. The van der Waals surface area contributed by atoms with E-state index in [1.807, 2.05) is 0 Å². The van der Waals surface area contributed by atoms with Gasteiger partial charge < -0.3 is 10.9 Å². The lowest BCUT2D eigenvalue weighted by molar-refractivity contribution is 0.315. The molecule has 0 saturated heterocycles. The first-order valence-corrected chi connectivity index (χ1v) is 7.47. The number of amidine groups is 1. The summed E-state index contributed by atoms with van der Waals surface area (Å²) in [5.74, 6) is -0.726. The molecule has 0 aromatic heterocycles. The van der Waals surface area contributed by atoms with Crippen molar-refractivity contribution < 1.29 is 18.0 Å². The minimum absolute atomic E-state index is 0.00286. The third-order valence-electron chi connectivity index (χ3n) is 2.87. The molecule has 0 saturated carbocycles. The molecule has 0 aliphatic rings. The van der Waals surface area contributed by atoms with Crippen LogP contribution in [0.5, 0.6) is 0 Å². The Labute approximate surface area is 117 Å². The zero-order valence-electron chi connectivity index (χ0n) is 11.5. The zero-order chi connectivity index (χ0) is 15.5. The lowest BCUT2D eigenvalue weighted by atomic mass is 10.1. The number of benzene rings is 1. The molecule has 1 unspecified atom stereocenters. The molecule has 0 heterocycles. The molecule has 4 N–H and O–H groups in total. The summed E-state index contributed by atoms with van der Waals surface area (Å²) in [4.78, 5) is 0.00286. The van der Waals surface area contributed by atoms with Crippen molar-refractivity contribution in [3.8, 4) is 0 Å². The third-order valence-corrected chi connectivity index (χ3v) is 4.65. The minimum Gasteiger partial charge on any atom is -0.409 e. The summed E-state index contributed by atoms with van der Waals surface area (Å²) in [6.45, 7) is 4.71. The third kappa shape index (κ3) is 3.45. The SMILES string of the molecule is CCC(NS(=O)(=O)c1c(C)cc(F)cc1C)C(N)=NO. The van der Waals surface area contributed by atoms with Crippen LogP contribution in [0.1, 0.15) is 24.5 Å². The first-order valence-electron chi connectivity index (χ1n) is 5.99. The Balaban J connectivity index is 3.25. The number of oxime groups is 1. The molecule has 112 valence electrons. The first kappa shape index (κ1) is 16.4. The Morgan fingerprint density at radius 3 is 2.35 bits per heavy atom. The van der Waals surface area contributed by atoms with Gasteiger partial charge in [-0.2, -0.15) is 0 Å². The van der Waals surface area contributed by atoms with E-state index in [0.717, 1.165) is 12.1 Å². The molecule has 0 amide bonds. The van der Waals surface area contributed by atoms with Gasteiger partial charge in [0.1, 0.15) is 5.82 Å². The highest BCUT2D eigenvalue weighted by atomic mass is 32.2. The van der Waals surface area contributed by atoms with E-state index in [2.05, 4.69) is 9.88 Å². The van der Waals surface area contributed by atoms with E-state index >= 15 is 0 Å². The molecule has 1 aromatic rings. The van der Waals surface area contributed by atoms with Gasteiger partial charge in [0.15, 0.2) is 5.84 Å². The molecule has 6 nitrogen and oxygen atoms in total. The van der Waals surface area contributed by atoms with Crippen molar-refractivity contribution in [1.29, 1.82) is 0 Å². The van der Waals surface area contributed by atoms with Crippen LogP contribution >= 0.6 is 0 Å². The maximum absolute atomic E-state index is 13.2. The fourth-order valence-electron chi connectivity index (χ4n) is 1.99. The number of nitrogens with two attached hydrogens (primary N) is 1. The second kappa shape index (κ2) is 6.19. The molecule has 0 aliphatic carbocycles. The second-order valence-corrected chi connectivity index (χ2v) is 6.13. The van der Waals surface area contributed by atoms with E-state index in [9.17, 15) is 12.8 Å². The number of nitrogens with zero attached hydrogens (tertiary/aromatic N) is 1. The number of rotatable bonds is 5. The second-order valence-electron chi connectivity index (χ2n) is 4.48. The van der Waals surface area contributed by atoms with Crippen molar-refractivity contribution >= 4 is 15.9 Å². The van der Waals surface area contributed by atoms with E-state index in [1.165, 1.54) is 13.8 Å². The van der Waals surface area contributed by atoms with Crippen molar-refractivity contribution in [2.45, 2.75) is 38.1 Å². The van der Waals surface area contributed by atoms with Crippen LogP contribution in [-0.2, 0) is 10.0 Å². The predicted molar refractivity (Wildman–Crippen MR) is 73.7 cm³/mol. The lowest BCUT2D eigenvalue weighted by Gasteiger charge is -2.18. The number of hydrogen-bond donors (Lipinski definition) is 3. The Hall–Kier alpha value is -1.67. The maximum atomic E-state index is 13.2.